The summed E-state index contributed by atoms with van der Waals surface area (Å²) in [6, 6.07) is 12.2. The van der Waals surface area contributed by atoms with Gasteiger partial charge >= 0.3 is 0 Å². The molecule has 0 bridgehead atoms. The van der Waals surface area contributed by atoms with E-state index >= 15 is 0 Å². The van der Waals surface area contributed by atoms with Crippen LogP contribution in [-0.4, -0.2) is 73.9 Å². The summed E-state index contributed by atoms with van der Waals surface area (Å²) >= 11 is 0. The maximum Gasteiger partial charge on any atom is 0.263 e. The molecule has 2 aromatic heterocycles. The lowest BCUT2D eigenvalue weighted by Gasteiger charge is -2.40. The number of aryl methyl sites for hydroxylation is 1. The molecule has 1 saturated heterocycles. The fourth-order valence-corrected chi connectivity index (χ4v) is 9.97. The van der Waals surface area contributed by atoms with Crippen molar-refractivity contribution >= 4 is 45.4 Å². The van der Waals surface area contributed by atoms with Gasteiger partial charge in [-0.1, -0.05) is 39.2 Å². The number of ether oxygens (including phenoxy) is 2. The number of carbonyl (C=O) groups is 2. The third-order valence-corrected chi connectivity index (χ3v) is 12.7. The number of benzene rings is 2. The van der Waals surface area contributed by atoms with Gasteiger partial charge in [-0.2, -0.15) is 5.10 Å². The molecule has 3 unspecified atom stereocenters. The zero-order chi connectivity index (χ0) is 37.4. The largest absolute Gasteiger partial charge is 0.497 e. The lowest BCUT2D eigenvalue weighted by atomic mass is 9.81. The molecular weight excluding hydrogens is 687 g/mol. The van der Waals surface area contributed by atoms with Crippen molar-refractivity contribution in [3.8, 4) is 17.0 Å². The lowest BCUT2D eigenvalue weighted by Crippen LogP contribution is -2.50. The van der Waals surface area contributed by atoms with Crippen LogP contribution < -0.4 is 9.46 Å². The van der Waals surface area contributed by atoms with Crippen molar-refractivity contribution in [3.05, 3.63) is 70.5 Å². The molecule has 7 rings (SSSR count). The number of piperidine rings is 1. The van der Waals surface area contributed by atoms with E-state index in [2.05, 4.69) is 45.6 Å². The van der Waals surface area contributed by atoms with E-state index in [0.717, 1.165) is 76.8 Å². The Labute approximate surface area is 315 Å². The van der Waals surface area contributed by atoms with Gasteiger partial charge < -0.3 is 18.9 Å². The fraction of sp³-hybridized carbons (Fsp3) is 0.500. The van der Waals surface area contributed by atoms with E-state index in [1.807, 2.05) is 48.7 Å². The number of rotatable bonds is 10. The summed E-state index contributed by atoms with van der Waals surface area (Å²) in [7, 11) is 3.80. The highest BCUT2D eigenvalue weighted by Gasteiger charge is 2.36. The van der Waals surface area contributed by atoms with Gasteiger partial charge in [-0.05, 0) is 104 Å². The maximum atomic E-state index is 14.6. The van der Waals surface area contributed by atoms with Crippen molar-refractivity contribution in [2.75, 3.05) is 26.6 Å². The number of allylic oxidation sites excluding steroid dienone is 1. The highest BCUT2D eigenvalue weighted by molar-refractivity contribution is 7.83. The average Bonchev–Trinajstić information content (AvgIpc) is 3.62. The van der Waals surface area contributed by atoms with Crippen molar-refractivity contribution < 1.29 is 23.3 Å². The number of nitrogens with one attached hydrogen (secondary N) is 1. The third-order valence-electron chi connectivity index (χ3n) is 11.3. The Morgan fingerprint density at radius 2 is 1.79 bits per heavy atom. The first-order valence-electron chi connectivity index (χ1n) is 19.2. The average molecular weight is 740 g/mol. The van der Waals surface area contributed by atoms with Crippen LogP contribution in [0.1, 0.15) is 116 Å². The van der Waals surface area contributed by atoms with Gasteiger partial charge in [0, 0.05) is 48.0 Å². The first kappa shape index (κ1) is 37.1. The molecule has 3 aliphatic rings. The molecule has 1 N–H and O–H groups in total. The molecule has 10 nitrogen and oxygen atoms in total. The molecule has 4 aromatic rings. The van der Waals surface area contributed by atoms with E-state index < -0.39 is 11.0 Å². The first-order valence-corrected chi connectivity index (χ1v) is 20.5. The summed E-state index contributed by atoms with van der Waals surface area (Å²) in [5.41, 5.74) is 8.22. The molecule has 4 heterocycles. The van der Waals surface area contributed by atoms with Crippen LogP contribution in [0.5, 0.6) is 5.75 Å². The summed E-state index contributed by atoms with van der Waals surface area (Å²) in [4.78, 5) is 30.2. The highest BCUT2D eigenvalue weighted by atomic mass is 32.2. The normalized spacial score (nSPS) is 19.8. The second kappa shape index (κ2) is 15.6. The summed E-state index contributed by atoms with van der Waals surface area (Å²) in [6.45, 7) is 7.05. The number of hydrogen-bond donors (Lipinski definition) is 1. The van der Waals surface area contributed by atoms with Crippen LogP contribution in [0.2, 0.25) is 0 Å². The second-order valence-corrected chi connectivity index (χ2v) is 16.7. The van der Waals surface area contributed by atoms with Gasteiger partial charge in [0.25, 0.3) is 11.8 Å². The maximum absolute atomic E-state index is 14.6. The summed E-state index contributed by atoms with van der Waals surface area (Å²) in [5, 5.41) is 5.81. The zero-order valence-corrected chi connectivity index (χ0v) is 32.8. The minimum Gasteiger partial charge on any atom is -0.497 e. The van der Waals surface area contributed by atoms with Crippen molar-refractivity contribution in [3.63, 3.8) is 0 Å². The van der Waals surface area contributed by atoms with Crippen molar-refractivity contribution in [2.45, 2.75) is 96.7 Å². The molecule has 11 heteroatoms. The van der Waals surface area contributed by atoms with Gasteiger partial charge in [0.15, 0.2) is 0 Å². The highest BCUT2D eigenvalue weighted by Crippen LogP contribution is 2.48. The number of fused-ring (bicyclic) bond motifs is 5. The number of hydrogen-bond acceptors (Lipinski definition) is 6. The molecule has 3 atom stereocenters. The molecule has 2 aromatic carbocycles. The van der Waals surface area contributed by atoms with Crippen LogP contribution in [0, 0.1) is 5.92 Å². The van der Waals surface area contributed by atoms with E-state index in [-0.39, 0.29) is 29.8 Å². The number of amides is 2. The molecule has 2 aliphatic heterocycles. The van der Waals surface area contributed by atoms with Gasteiger partial charge in [-0.25, -0.2) is 4.21 Å². The Kier molecular flexibility index (Phi) is 10.9. The van der Waals surface area contributed by atoms with E-state index in [1.54, 1.807) is 20.4 Å². The van der Waals surface area contributed by atoms with Crippen LogP contribution in [-0.2, 0) is 29.3 Å². The minimum atomic E-state index is -1.48. The number of likely N-dealkylation sites (tertiary alicyclic amines) is 1. The van der Waals surface area contributed by atoms with Crippen LogP contribution in [0.25, 0.3) is 33.8 Å². The standard InChI is InChI=1S/C42H53N5O5S/c1-26(2)25-53(50)44-41(48)29-15-17-35-37(21-29)46-23-31(39-36(22-43-45(39)4)42(49)47-27(3)11-10-14-32(47)24-51-5)19-30-20-33(52-6)16-18-34(30)40(46)38(35)28-12-8-7-9-13-28/h15-22,26-28,32H,7-14,23-25H2,1-6H3,(H,44,48). The topological polar surface area (TPSA) is 108 Å². The van der Waals surface area contributed by atoms with Gasteiger partial charge in [-0.15, -0.1) is 0 Å². The molecule has 2 amide bonds. The van der Waals surface area contributed by atoms with Crippen LogP contribution in [0.15, 0.2) is 42.6 Å². The SMILES string of the molecule is COCC1CCCC(C)N1C(=O)c1cnn(C)c1C1=Cc2cc(OC)ccc2-c2c(C3CCCCC3)c3ccc(C(=O)NS(=O)CC(C)C)cc3n2C1. The van der Waals surface area contributed by atoms with Crippen LogP contribution in [0.4, 0.5) is 0 Å². The Balaban J connectivity index is 1.42. The van der Waals surface area contributed by atoms with Crippen LogP contribution in [0.3, 0.4) is 0 Å². The third kappa shape index (κ3) is 7.22. The Morgan fingerprint density at radius 1 is 1.00 bits per heavy atom. The molecular formula is C42H53N5O5S. The van der Waals surface area contributed by atoms with Gasteiger partial charge in [0.2, 0.25) is 0 Å². The molecule has 0 radical (unpaired) electrons. The second-order valence-electron chi connectivity index (χ2n) is 15.5. The fourth-order valence-electron chi connectivity index (χ4n) is 8.96. The van der Waals surface area contributed by atoms with Crippen molar-refractivity contribution in [1.29, 1.82) is 0 Å². The summed E-state index contributed by atoms with van der Waals surface area (Å²) in [6.07, 6.45) is 12.6. The van der Waals surface area contributed by atoms with E-state index in [4.69, 9.17) is 9.47 Å². The quantitative estimate of drug-likeness (QED) is 0.179. The van der Waals surface area contributed by atoms with Crippen molar-refractivity contribution in [1.82, 2.24) is 24.0 Å². The number of nitrogens with zero attached hydrogens (tertiary/aromatic N) is 4. The number of carbonyl (C=O) groups excluding carboxylic acids is 2. The van der Waals surface area contributed by atoms with E-state index in [0.29, 0.717) is 35.9 Å². The molecule has 282 valence electrons. The van der Waals surface area contributed by atoms with E-state index in [1.165, 1.54) is 24.8 Å². The zero-order valence-electron chi connectivity index (χ0n) is 31.9. The Hall–Kier alpha value is -4.22. The number of aromatic nitrogens is 3. The predicted octanol–water partition coefficient (Wildman–Crippen LogP) is 7.73. The monoisotopic (exact) mass is 739 g/mol. The van der Waals surface area contributed by atoms with E-state index in [9.17, 15) is 13.8 Å². The summed E-state index contributed by atoms with van der Waals surface area (Å²) in [5.74, 6) is 1.31. The minimum absolute atomic E-state index is 0.00473. The summed E-state index contributed by atoms with van der Waals surface area (Å²) < 4.78 is 31.0. The smallest absolute Gasteiger partial charge is 0.263 e. The molecule has 53 heavy (non-hydrogen) atoms. The van der Waals surface area contributed by atoms with Gasteiger partial charge in [0.05, 0.1) is 49.5 Å². The molecule has 2 fully saturated rings. The molecule has 1 aliphatic carbocycles. The molecule has 1 saturated carbocycles. The first-order chi connectivity index (χ1) is 25.6. The van der Waals surface area contributed by atoms with Gasteiger partial charge in [-0.3, -0.25) is 19.0 Å². The van der Waals surface area contributed by atoms with Crippen molar-refractivity contribution in [2.24, 2.45) is 13.0 Å². The number of methoxy groups -OCH3 is 2. The lowest BCUT2D eigenvalue weighted by molar-refractivity contribution is 0.0264. The molecule has 0 spiro atoms. The predicted molar refractivity (Wildman–Crippen MR) is 211 cm³/mol. The Morgan fingerprint density at radius 3 is 2.53 bits per heavy atom. The van der Waals surface area contributed by atoms with Crippen LogP contribution >= 0.6 is 0 Å². The Bertz CT molecular complexity index is 2070. The van der Waals surface area contributed by atoms with Gasteiger partial charge in [0.1, 0.15) is 16.7 Å².